The molecular formula is C16H18F5NO4. The Balaban J connectivity index is 2.57. The van der Waals surface area contributed by atoms with E-state index >= 15 is 0 Å². The molecule has 5 nitrogen and oxygen atoms in total. The van der Waals surface area contributed by atoms with Gasteiger partial charge in [0, 0.05) is 12.1 Å². The smallest absolute Gasteiger partial charge is 0.411 e. The minimum Gasteiger partial charge on any atom is -0.493 e. The third kappa shape index (κ3) is 8.65. The van der Waals surface area contributed by atoms with Crippen LogP contribution >= 0.6 is 0 Å². The molecule has 146 valence electrons. The number of alkyl halides is 5. The zero-order chi connectivity index (χ0) is 19.7. The maximum atomic E-state index is 12.2. The quantitative estimate of drug-likeness (QED) is 0.525. The summed E-state index contributed by atoms with van der Waals surface area (Å²) in [6.07, 6.45) is -1.90. The Hall–Kier alpha value is -2.36. The van der Waals surface area contributed by atoms with Gasteiger partial charge >= 0.3 is 12.8 Å². The molecule has 0 bridgehead atoms. The third-order valence-corrected chi connectivity index (χ3v) is 2.85. The molecule has 0 heterocycles. The molecule has 0 saturated heterocycles. The fourth-order valence-corrected chi connectivity index (χ4v) is 1.84. The van der Waals surface area contributed by atoms with Crippen molar-refractivity contribution in [2.75, 3.05) is 20.3 Å². The SMILES string of the molecule is COc1cc(/C=C/C(=O)NC(C)COCC(F)(F)F)ccc1OC(F)F. The van der Waals surface area contributed by atoms with Gasteiger partial charge in [0.1, 0.15) is 6.61 Å². The van der Waals surface area contributed by atoms with E-state index in [1.807, 2.05) is 0 Å². The molecule has 0 spiro atoms. The fraction of sp³-hybridized carbons (Fsp3) is 0.438. The summed E-state index contributed by atoms with van der Waals surface area (Å²) in [6.45, 7) is -3.21. The summed E-state index contributed by atoms with van der Waals surface area (Å²) in [5.74, 6) is -0.652. The van der Waals surface area contributed by atoms with Crippen molar-refractivity contribution in [3.8, 4) is 11.5 Å². The van der Waals surface area contributed by atoms with E-state index in [9.17, 15) is 26.7 Å². The Morgan fingerprint density at radius 1 is 1.27 bits per heavy atom. The van der Waals surface area contributed by atoms with Gasteiger partial charge in [-0.05, 0) is 30.7 Å². The zero-order valence-electron chi connectivity index (χ0n) is 14.0. The Labute approximate surface area is 146 Å². The average Bonchev–Trinajstić information content (AvgIpc) is 2.52. The van der Waals surface area contributed by atoms with Crippen molar-refractivity contribution in [1.29, 1.82) is 0 Å². The summed E-state index contributed by atoms with van der Waals surface area (Å²) in [7, 11) is 1.27. The highest BCUT2D eigenvalue weighted by atomic mass is 19.4. The van der Waals surface area contributed by atoms with Crippen LogP contribution in [0.3, 0.4) is 0 Å². The number of carbonyl (C=O) groups is 1. The topological polar surface area (TPSA) is 56.8 Å². The van der Waals surface area contributed by atoms with Crippen LogP contribution in [0.2, 0.25) is 0 Å². The average molecular weight is 383 g/mol. The number of benzene rings is 1. The van der Waals surface area contributed by atoms with E-state index in [1.165, 1.54) is 38.3 Å². The minimum atomic E-state index is -4.43. The number of rotatable bonds is 9. The second-order valence-electron chi connectivity index (χ2n) is 5.16. The maximum absolute atomic E-state index is 12.2. The van der Waals surface area contributed by atoms with E-state index in [4.69, 9.17) is 4.74 Å². The van der Waals surface area contributed by atoms with Crippen molar-refractivity contribution in [3.63, 3.8) is 0 Å². The molecule has 1 rings (SSSR count). The highest BCUT2D eigenvalue weighted by molar-refractivity contribution is 5.92. The molecule has 1 N–H and O–H groups in total. The summed E-state index contributed by atoms with van der Waals surface area (Å²) in [4.78, 5) is 11.7. The van der Waals surface area contributed by atoms with Gasteiger partial charge in [0.05, 0.1) is 13.7 Å². The van der Waals surface area contributed by atoms with Gasteiger partial charge in [-0.1, -0.05) is 6.07 Å². The molecule has 0 radical (unpaired) electrons. The van der Waals surface area contributed by atoms with Crippen LogP contribution in [0.5, 0.6) is 11.5 Å². The molecule has 0 saturated carbocycles. The Kier molecular flexibility index (Phi) is 8.30. The summed E-state index contributed by atoms with van der Waals surface area (Å²) >= 11 is 0. The van der Waals surface area contributed by atoms with Crippen molar-refractivity contribution in [1.82, 2.24) is 5.32 Å². The molecule has 1 atom stereocenters. The minimum absolute atomic E-state index is 0.0572. The van der Waals surface area contributed by atoms with Crippen molar-refractivity contribution < 1.29 is 41.0 Å². The monoisotopic (exact) mass is 383 g/mol. The Morgan fingerprint density at radius 3 is 2.54 bits per heavy atom. The van der Waals surface area contributed by atoms with Crippen molar-refractivity contribution in [2.45, 2.75) is 25.8 Å². The predicted octanol–water partition coefficient (Wildman–Crippen LogP) is 3.39. The summed E-state index contributed by atoms with van der Waals surface area (Å²) in [5, 5.41) is 2.43. The van der Waals surface area contributed by atoms with Crippen LogP contribution in [0.25, 0.3) is 6.08 Å². The number of nitrogens with one attached hydrogen (secondary N) is 1. The molecule has 10 heteroatoms. The fourth-order valence-electron chi connectivity index (χ4n) is 1.84. The van der Waals surface area contributed by atoms with Gasteiger partial charge in [-0.15, -0.1) is 0 Å². The van der Waals surface area contributed by atoms with E-state index < -0.39 is 31.3 Å². The number of hydrogen-bond donors (Lipinski definition) is 1. The molecule has 0 fully saturated rings. The number of hydrogen-bond acceptors (Lipinski definition) is 4. The molecule has 0 aromatic heterocycles. The zero-order valence-corrected chi connectivity index (χ0v) is 14.0. The van der Waals surface area contributed by atoms with Crippen LogP contribution in [0.4, 0.5) is 22.0 Å². The summed E-state index contributed by atoms with van der Waals surface area (Å²) < 4.78 is 74.0. The van der Waals surface area contributed by atoms with Gasteiger partial charge in [0.2, 0.25) is 5.91 Å². The molecule has 1 unspecified atom stereocenters. The molecule has 0 aliphatic rings. The lowest BCUT2D eigenvalue weighted by molar-refractivity contribution is -0.175. The first-order chi connectivity index (χ1) is 12.1. The Bertz CT molecular complexity index is 619. The molecule has 0 aliphatic carbocycles. The number of amides is 1. The number of halogens is 5. The second kappa shape index (κ2) is 9.95. The lowest BCUT2D eigenvalue weighted by atomic mass is 10.2. The molecule has 0 aliphatic heterocycles. The van der Waals surface area contributed by atoms with Gasteiger partial charge in [-0.2, -0.15) is 22.0 Å². The van der Waals surface area contributed by atoms with E-state index in [-0.39, 0.29) is 18.1 Å². The van der Waals surface area contributed by atoms with Gasteiger partial charge < -0.3 is 19.5 Å². The normalized spacial score (nSPS) is 13.1. The first kappa shape index (κ1) is 21.7. The van der Waals surface area contributed by atoms with E-state index in [0.717, 1.165) is 6.08 Å². The lowest BCUT2D eigenvalue weighted by Crippen LogP contribution is -2.35. The molecule has 26 heavy (non-hydrogen) atoms. The van der Waals surface area contributed by atoms with Crippen LogP contribution < -0.4 is 14.8 Å². The molecular weight excluding hydrogens is 365 g/mol. The number of methoxy groups -OCH3 is 1. The first-order valence-corrected chi connectivity index (χ1v) is 7.36. The number of carbonyl (C=O) groups excluding carboxylic acids is 1. The Morgan fingerprint density at radius 2 is 1.96 bits per heavy atom. The molecule has 1 amide bonds. The summed E-state index contributed by atoms with van der Waals surface area (Å²) in [5.41, 5.74) is 0.472. The standard InChI is InChI=1S/C16H18F5NO4/c1-10(8-25-9-16(19,20)21)22-14(23)6-4-11-3-5-12(26-15(17)18)13(7-11)24-2/h3-7,10,15H,8-9H2,1-2H3,(H,22,23)/b6-4+. The van der Waals surface area contributed by atoms with E-state index in [0.29, 0.717) is 5.56 Å². The van der Waals surface area contributed by atoms with Crippen LogP contribution in [0, 0.1) is 0 Å². The van der Waals surface area contributed by atoms with Crippen molar-refractivity contribution in [3.05, 3.63) is 29.8 Å². The van der Waals surface area contributed by atoms with E-state index in [1.54, 1.807) is 0 Å². The molecule has 1 aromatic carbocycles. The van der Waals surface area contributed by atoms with Crippen LogP contribution in [-0.2, 0) is 9.53 Å². The van der Waals surface area contributed by atoms with Gasteiger partial charge in [0.15, 0.2) is 11.5 Å². The molecule has 1 aromatic rings. The highest BCUT2D eigenvalue weighted by Gasteiger charge is 2.27. The first-order valence-electron chi connectivity index (χ1n) is 7.36. The summed E-state index contributed by atoms with van der Waals surface area (Å²) in [6, 6.07) is 3.44. The predicted molar refractivity (Wildman–Crippen MR) is 83.1 cm³/mol. The lowest BCUT2D eigenvalue weighted by Gasteiger charge is -2.14. The largest absolute Gasteiger partial charge is 0.493 e. The van der Waals surface area contributed by atoms with Crippen LogP contribution in [-0.4, -0.2) is 45.1 Å². The van der Waals surface area contributed by atoms with Crippen LogP contribution in [0.1, 0.15) is 12.5 Å². The number of ether oxygens (including phenoxy) is 3. The van der Waals surface area contributed by atoms with Gasteiger partial charge in [-0.25, -0.2) is 0 Å². The van der Waals surface area contributed by atoms with Crippen LogP contribution in [0.15, 0.2) is 24.3 Å². The maximum Gasteiger partial charge on any atom is 0.411 e. The van der Waals surface area contributed by atoms with E-state index in [2.05, 4.69) is 14.8 Å². The van der Waals surface area contributed by atoms with Gasteiger partial charge in [-0.3, -0.25) is 4.79 Å². The second-order valence-corrected chi connectivity index (χ2v) is 5.16. The van der Waals surface area contributed by atoms with Crippen molar-refractivity contribution in [2.24, 2.45) is 0 Å². The van der Waals surface area contributed by atoms with Gasteiger partial charge in [0.25, 0.3) is 0 Å². The highest BCUT2D eigenvalue weighted by Crippen LogP contribution is 2.29. The van der Waals surface area contributed by atoms with Crippen molar-refractivity contribution >= 4 is 12.0 Å². The third-order valence-electron chi connectivity index (χ3n) is 2.85.